The van der Waals surface area contributed by atoms with Crippen LogP contribution in [0.25, 0.3) is 0 Å². The maximum absolute atomic E-state index is 9.68. The summed E-state index contributed by atoms with van der Waals surface area (Å²) in [5.41, 5.74) is 3.97. The van der Waals surface area contributed by atoms with Crippen LogP contribution in [-0.2, 0) is 4.74 Å². The molecule has 0 saturated heterocycles. The summed E-state index contributed by atoms with van der Waals surface area (Å²) < 4.78 is 6.14. The highest BCUT2D eigenvalue weighted by Gasteiger charge is 2.32. The lowest BCUT2D eigenvalue weighted by molar-refractivity contribution is 0.0516. The molecule has 3 rings (SSSR count). The zero-order valence-electron chi connectivity index (χ0n) is 12.4. The van der Waals surface area contributed by atoms with Crippen molar-refractivity contribution in [1.82, 2.24) is 0 Å². The Labute approximate surface area is 128 Å². The van der Waals surface area contributed by atoms with Crippen molar-refractivity contribution in [3.63, 3.8) is 0 Å². The summed E-state index contributed by atoms with van der Waals surface area (Å²) in [6, 6.07) is 11.7. The normalized spacial score (nSPS) is 21.4. The highest BCUT2D eigenvalue weighted by molar-refractivity contribution is 5.45. The number of hydrogen-bond donors (Lipinski definition) is 3. The second-order valence-electron chi connectivity index (χ2n) is 5.60. The van der Waals surface area contributed by atoms with Gasteiger partial charge in [0.25, 0.3) is 0 Å². The van der Waals surface area contributed by atoms with E-state index in [-0.39, 0.29) is 29.5 Å². The number of rotatable bonds is 2. The fraction of sp³-hybridized carbons (Fsp3) is 0.222. The van der Waals surface area contributed by atoms with Gasteiger partial charge in [0, 0.05) is 0 Å². The van der Waals surface area contributed by atoms with Gasteiger partial charge < -0.3 is 20.1 Å². The molecular formula is C18H18O4. The van der Waals surface area contributed by atoms with Crippen molar-refractivity contribution in [3.8, 4) is 17.2 Å². The van der Waals surface area contributed by atoms with Gasteiger partial charge in [0.2, 0.25) is 0 Å². The minimum Gasteiger partial charge on any atom is -0.508 e. The van der Waals surface area contributed by atoms with Crippen molar-refractivity contribution >= 4 is 0 Å². The molecule has 1 heterocycles. The molecule has 0 radical (unpaired) electrons. The lowest BCUT2D eigenvalue weighted by Gasteiger charge is -2.17. The lowest BCUT2D eigenvalue weighted by atomic mass is 9.97. The second kappa shape index (κ2) is 5.39. The summed E-state index contributed by atoms with van der Waals surface area (Å²) in [4.78, 5) is 0. The Hall–Kier alpha value is -2.46. The molecule has 3 N–H and O–H groups in total. The van der Waals surface area contributed by atoms with Gasteiger partial charge in [-0.3, -0.25) is 0 Å². The summed E-state index contributed by atoms with van der Waals surface area (Å²) in [6.45, 7) is 4.03. The zero-order valence-corrected chi connectivity index (χ0v) is 12.4. The van der Waals surface area contributed by atoms with E-state index in [1.54, 1.807) is 18.2 Å². The van der Waals surface area contributed by atoms with Crippen LogP contribution in [0, 0.1) is 0 Å². The average Bonchev–Trinajstić information content (AvgIpc) is 2.79. The van der Waals surface area contributed by atoms with Gasteiger partial charge >= 0.3 is 0 Å². The van der Waals surface area contributed by atoms with E-state index in [1.165, 1.54) is 12.1 Å². The van der Waals surface area contributed by atoms with Gasteiger partial charge in [-0.15, -0.1) is 0 Å². The zero-order chi connectivity index (χ0) is 15.9. The molecule has 0 aromatic heterocycles. The van der Waals surface area contributed by atoms with Crippen molar-refractivity contribution in [1.29, 1.82) is 0 Å². The number of phenolic OH excluding ortho intramolecular Hbond substituents is 3. The van der Waals surface area contributed by atoms with Crippen molar-refractivity contribution in [3.05, 3.63) is 64.7 Å². The van der Waals surface area contributed by atoms with Gasteiger partial charge in [0.05, 0.1) is 0 Å². The SMILES string of the molecule is CC1=C(C)[C@@H](c2ccc(O)cc2)O[C@H]1c1ccc(O)c(O)c1. The molecule has 114 valence electrons. The maximum atomic E-state index is 9.68. The number of benzene rings is 2. The molecule has 0 unspecified atom stereocenters. The first-order valence-corrected chi connectivity index (χ1v) is 7.11. The van der Waals surface area contributed by atoms with E-state index in [0.29, 0.717) is 0 Å². The Morgan fingerprint density at radius 3 is 1.86 bits per heavy atom. The van der Waals surface area contributed by atoms with Crippen molar-refractivity contribution in [2.45, 2.75) is 26.1 Å². The molecule has 0 aliphatic carbocycles. The highest BCUT2D eigenvalue weighted by Crippen LogP contribution is 2.46. The van der Waals surface area contributed by atoms with Crippen LogP contribution in [0.5, 0.6) is 17.2 Å². The van der Waals surface area contributed by atoms with Crippen LogP contribution in [0.3, 0.4) is 0 Å². The van der Waals surface area contributed by atoms with E-state index in [2.05, 4.69) is 0 Å². The maximum Gasteiger partial charge on any atom is 0.157 e. The largest absolute Gasteiger partial charge is 0.508 e. The summed E-state index contributed by atoms with van der Waals surface area (Å²) in [7, 11) is 0. The predicted octanol–water partition coefficient (Wildman–Crippen LogP) is 3.95. The van der Waals surface area contributed by atoms with E-state index in [1.807, 2.05) is 26.0 Å². The van der Waals surface area contributed by atoms with Crippen LogP contribution in [0.15, 0.2) is 53.6 Å². The lowest BCUT2D eigenvalue weighted by Crippen LogP contribution is -2.03. The number of hydrogen-bond acceptors (Lipinski definition) is 4. The molecule has 0 saturated carbocycles. The molecule has 1 aliphatic rings. The number of aromatic hydroxyl groups is 3. The summed E-state index contributed by atoms with van der Waals surface area (Å²) >= 11 is 0. The third-order valence-electron chi connectivity index (χ3n) is 4.18. The van der Waals surface area contributed by atoms with Gasteiger partial charge in [-0.25, -0.2) is 0 Å². The Bertz CT molecular complexity index is 731. The van der Waals surface area contributed by atoms with Crippen LogP contribution in [0.1, 0.15) is 37.2 Å². The molecule has 4 nitrogen and oxygen atoms in total. The smallest absolute Gasteiger partial charge is 0.157 e. The fourth-order valence-electron chi connectivity index (χ4n) is 2.76. The van der Waals surface area contributed by atoms with Crippen molar-refractivity contribution in [2.24, 2.45) is 0 Å². The Morgan fingerprint density at radius 1 is 0.727 bits per heavy atom. The van der Waals surface area contributed by atoms with Crippen molar-refractivity contribution in [2.75, 3.05) is 0 Å². The second-order valence-corrected chi connectivity index (χ2v) is 5.60. The molecule has 1 aliphatic heterocycles. The molecular weight excluding hydrogens is 280 g/mol. The van der Waals surface area contributed by atoms with Gasteiger partial charge in [-0.2, -0.15) is 0 Å². The van der Waals surface area contributed by atoms with Crippen LogP contribution in [0.2, 0.25) is 0 Å². The van der Waals surface area contributed by atoms with E-state index in [9.17, 15) is 15.3 Å². The monoisotopic (exact) mass is 298 g/mol. The Morgan fingerprint density at radius 2 is 1.27 bits per heavy atom. The summed E-state index contributed by atoms with van der Waals surface area (Å²) in [6.07, 6.45) is -0.438. The van der Waals surface area contributed by atoms with E-state index in [0.717, 1.165) is 22.3 Å². The van der Waals surface area contributed by atoms with Crippen LogP contribution < -0.4 is 0 Å². The van der Waals surface area contributed by atoms with Gasteiger partial charge in [0.1, 0.15) is 18.0 Å². The predicted molar refractivity (Wildman–Crippen MR) is 82.8 cm³/mol. The summed E-state index contributed by atoms with van der Waals surface area (Å²) in [5.74, 6) is -0.0741. The molecule has 0 bridgehead atoms. The van der Waals surface area contributed by atoms with Crippen molar-refractivity contribution < 1.29 is 20.1 Å². The third-order valence-corrected chi connectivity index (χ3v) is 4.18. The molecule has 22 heavy (non-hydrogen) atoms. The topological polar surface area (TPSA) is 69.9 Å². The third kappa shape index (κ3) is 2.42. The standard InChI is InChI=1S/C18H18O4/c1-10-11(2)18(13-5-8-15(20)16(21)9-13)22-17(10)12-3-6-14(19)7-4-12/h3-9,17-21H,1-2H3/t17-,18+/m0/s1. The average molecular weight is 298 g/mol. The molecule has 0 amide bonds. The first-order chi connectivity index (χ1) is 10.5. The van der Waals surface area contributed by atoms with Crippen LogP contribution >= 0.6 is 0 Å². The molecule has 0 spiro atoms. The minimum atomic E-state index is -0.259. The Balaban J connectivity index is 1.93. The van der Waals surface area contributed by atoms with E-state index in [4.69, 9.17) is 4.74 Å². The molecule has 2 aromatic carbocycles. The van der Waals surface area contributed by atoms with E-state index < -0.39 is 0 Å². The van der Waals surface area contributed by atoms with Gasteiger partial charge in [-0.05, 0) is 60.4 Å². The number of phenols is 3. The first-order valence-electron chi connectivity index (χ1n) is 7.11. The first kappa shape index (κ1) is 14.5. The van der Waals surface area contributed by atoms with Crippen LogP contribution in [-0.4, -0.2) is 15.3 Å². The quantitative estimate of drug-likeness (QED) is 0.580. The molecule has 2 atom stereocenters. The Kier molecular flexibility index (Phi) is 3.54. The molecule has 2 aromatic rings. The molecule has 4 heteroatoms. The van der Waals surface area contributed by atoms with Gasteiger partial charge in [0.15, 0.2) is 11.5 Å². The van der Waals surface area contributed by atoms with Crippen LogP contribution in [0.4, 0.5) is 0 Å². The highest BCUT2D eigenvalue weighted by atomic mass is 16.5. The fourth-order valence-corrected chi connectivity index (χ4v) is 2.76. The minimum absolute atomic E-state index is 0.143. The molecule has 0 fully saturated rings. The van der Waals surface area contributed by atoms with E-state index >= 15 is 0 Å². The number of ether oxygens (including phenoxy) is 1. The summed E-state index contributed by atoms with van der Waals surface area (Å²) in [5, 5.41) is 28.5. The van der Waals surface area contributed by atoms with Gasteiger partial charge in [-0.1, -0.05) is 18.2 Å².